The molecule has 1 fully saturated rings. The summed E-state index contributed by atoms with van der Waals surface area (Å²) >= 11 is 0. The van der Waals surface area contributed by atoms with Crippen LogP contribution in [0.4, 0.5) is 5.69 Å². The van der Waals surface area contributed by atoms with Crippen molar-refractivity contribution in [1.82, 2.24) is 0 Å². The fraction of sp³-hybridized carbons (Fsp3) is 0.538. The maximum absolute atomic E-state index is 5.91. The van der Waals surface area contributed by atoms with Crippen molar-refractivity contribution in [2.75, 3.05) is 19.0 Å². The second-order valence-corrected chi connectivity index (χ2v) is 4.32. The van der Waals surface area contributed by atoms with Crippen molar-refractivity contribution >= 4 is 5.69 Å². The predicted molar refractivity (Wildman–Crippen MR) is 63.8 cm³/mol. The Bertz CT molecular complexity index is 342. The van der Waals surface area contributed by atoms with Gasteiger partial charge in [0.1, 0.15) is 5.75 Å². The molecule has 0 heterocycles. The lowest BCUT2D eigenvalue weighted by molar-refractivity contribution is 0.300. The molecule has 2 rings (SSSR count). The van der Waals surface area contributed by atoms with Crippen molar-refractivity contribution in [3.05, 3.63) is 23.8 Å². The number of benzene rings is 1. The van der Waals surface area contributed by atoms with E-state index < -0.39 is 0 Å². The monoisotopic (exact) mass is 205 g/mol. The lowest BCUT2D eigenvalue weighted by Gasteiger charge is -2.19. The summed E-state index contributed by atoms with van der Waals surface area (Å²) in [6.45, 7) is 2.18. The molecule has 1 saturated carbocycles. The number of ether oxygens (including phenoxy) is 1. The maximum atomic E-state index is 5.91. The third-order valence-electron chi connectivity index (χ3n) is 2.76. The Morgan fingerprint density at radius 3 is 2.60 bits per heavy atom. The van der Waals surface area contributed by atoms with E-state index >= 15 is 0 Å². The highest BCUT2D eigenvalue weighted by Gasteiger charge is 2.24. The molecular formula is C13H19NO. The third kappa shape index (κ3) is 2.25. The lowest BCUT2D eigenvalue weighted by Crippen LogP contribution is -2.12. The topological polar surface area (TPSA) is 12.5 Å². The molecule has 0 aliphatic heterocycles. The van der Waals surface area contributed by atoms with Crippen LogP contribution in [0.15, 0.2) is 18.2 Å². The Morgan fingerprint density at radius 2 is 2.07 bits per heavy atom. The highest BCUT2D eigenvalue weighted by molar-refractivity contribution is 5.58. The second kappa shape index (κ2) is 4.13. The zero-order chi connectivity index (χ0) is 10.8. The second-order valence-electron chi connectivity index (χ2n) is 4.32. The summed E-state index contributed by atoms with van der Waals surface area (Å²) in [7, 11) is 4.16. The van der Waals surface area contributed by atoms with Gasteiger partial charge in [0, 0.05) is 25.3 Å². The SMILES string of the molecule is CCc1c(OC2CC2)cccc1N(C)C. The van der Waals surface area contributed by atoms with E-state index in [4.69, 9.17) is 4.74 Å². The first-order valence-corrected chi connectivity index (χ1v) is 5.68. The Hall–Kier alpha value is -1.18. The first kappa shape index (κ1) is 10.3. The molecule has 0 N–H and O–H groups in total. The fourth-order valence-corrected chi connectivity index (χ4v) is 1.80. The van der Waals surface area contributed by atoms with E-state index in [-0.39, 0.29) is 0 Å². The highest BCUT2D eigenvalue weighted by Crippen LogP contribution is 2.33. The molecule has 0 saturated heterocycles. The van der Waals surface area contributed by atoms with Crippen LogP contribution >= 0.6 is 0 Å². The smallest absolute Gasteiger partial charge is 0.124 e. The largest absolute Gasteiger partial charge is 0.490 e. The lowest BCUT2D eigenvalue weighted by atomic mass is 10.1. The van der Waals surface area contributed by atoms with E-state index in [1.165, 1.54) is 24.1 Å². The highest BCUT2D eigenvalue weighted by atomic mass is 16.5. The molecule has 1 aromatic rings. The van der Waals surface area contributed by atoms with Crippen LogP contribution in [0.1, 0.15) is 25.3 Å². The van der Waals surface area contributed by atoms with Gasteiger partial charge in [-0.25, -0.2) is 0 Å². The number of hydrogen-bond donors (Lipinski definition) is 0. The Labute approximate surface area is 91.9 Å². The first-order valence-electron chi connectivity index (χ1n) is 5.68. The van der Waals surface area contributed by atoms with Gasteiger partial charge in [0.2, 0.25) is 0 Å². The van der Waals surface area contributed by atoms with Gasteiger partial charge < -0.3 is 9.64 Å². The summed E-state index contributed by atoms with van der Waals surface area (Å²) in [6.07, 6.45) is 3.94. The molecule has 2 nitrogen and oxygen atoms in total. The molecular weight excluding hydrogens is 186 g/mol. The van der Waals surface area contributed by atoms with E-state index in [2.05, 4.69) is 44.1 Å². The van der Waals surface area contributed by atoms with Crippen LogP contribution in [0.3, 0.4) is 0 Å². The molecule has 0 bridgehead atoms. The Morgan fingerprint density at radius 1 is 1.33 bits per heavy atom. The van der Waals surface area contributed by atoms with E-state index in [0.29, 0.717) is 6.10 Å². The first-order chi connectivity index (χ1) is 7.22. The van der Waals surface area contributed by atoms with Crippen molar-refractivity contribution in [1.29, 1.82) is 0 Å². The van der Waals surface area contributed by atoms with Crippen molar-refractivity contribution in [3.8, 4) is 5.75 Å². The minimum absolute atomic E-state index is 0.479. The van der Waals surface area contributed by atoms with Gasteiger partial charge >= 0.3 is 0 Å². The summed E-state index contributed by atoms with van der Waals surface area (Å²) in [4.78, 5) is 2.15. The fourth-order valence-electron chi connectivity index (χ4n) is 1.80. The average molecular weight is 205 g/mol. The number of rotatable bonds is 4. The molecule has 82 valence electrons. The molecule has 0 aromatic heterocycles. The molecule has 1 aliphatic rings. The van der Waals surface area contributed by atoms with E-state index in [9.17, 15) is 0 Å². The van der Waals surface area contributed by atoms with Crippen LogP contribution in [0.2, 0.25) is 0 Å². The van der Waals surface area contributed by atoms with Gasteiger partial charge in [-0.15, -0.1) is 0 Å². The van der Waals surface area contributed by atoms with Gasteiger partial charge in [-0.2, -0.15) is 0 Å². The molecule has 0 spiro atoms. The Balaban J connectivity index is 2.30. The molecule has 0 radical (unpaired) electrons. The maximum Gasteiger partial charge on any atom is 0.124 e. The van der Waals surface area contributed by atoms with Crippen LogP contribution in [0.25, 0.3) is 0 Å². The zero-order valence-corrected chi connectivity index (χ0v) is 9.79. The van der Waals surface area contributed by atoms with Crippen LogP contribution in [-0.2, 0) is 6.42 Å². The normalized spacial score (nSPS) is 15.1. The molecule has 0 atom stereocenters. The van der Waals surface area contributed by atoms with Crippen molar-refractivity contribution in [3.63, 3.8) is 0 Å². The molecule has 2 heteroatoms. The summed E-state index contributed by atoms with van der Waals surface area (Å²) in [5.74, 6) is 1.08. The minimum Gasteiger partial charge on any atom is -0.490 e. The van der Waals surface area contributed by atoms with Crippen LogP contribution < -0.4 is 9.64 Å². The summed E-state index contributed by atoms with van der Waals surface area (Å²) < 4.78 is 5.91. The predicted octanol–water partition coefficient (Wildman–Crippen LogP) is 2.86. The van der Waals surface area contributed by atoms with Gasteiger partial charge in [-0.05, 0) is 31.4 Å². The Kier molecular flexibility index (Phi) is 2.85. The molecule has 0 unspecified atom stereocenters. The summed E-state index contributed by atoms with van der Waals surface area (Å²) in [5.41, 5.74) is 2.60. The van der Waals surface area contributed by atoms with E-state index in [1.807, 2.05) is 0 Å². The molecule has 1 aliphatic carbocycles. The van der Waals surface area contributed by atoms with Gasteiger partial charge in [-0.1, -0.05) is 13.0 Å². The van der Waals surface area contributed by atoms with Gasteiger partial charge in [-0.3, -0.25) is 0 Å². The van der Waals surface area contributed by atoms with Crippen LogP contribution in [-0.4, -0.2) is 20.2 Å². The summed E-state index contributed by atoms with van der Waals surface area (Å²) in [6, 6.07) is 6.31. The molecule has 0 amide bonds. The van der Waals surface area contributed by atoms with Crippen molar-refractivity contribution in [2.45, 2.75) is 32.3 Å². The minimum atomic E-state index is 0.479. The van der Waals surface area contributed by atoms with Crippen molar-refractivity contribution in [2.24, 2.45) is 0 Å². The average Bonchev–Trinajstić information content (AvgIpc) is 3.01. The van der Waals surface area contributed by atoms with Gasteiger partial charge in [0.15, 0.2) is 0 Å². The number of hydrogen-bond acceptors (Lipinski definition) is 2. The van der Waals surface area contributed by atoms with E-state index in [0.717, 1.165) is 12.2 Å². The molecule has 15 heavy (non-hydrogen) atoms. The van der Waals surface area contributed by atoms with Gasteiger partial charge in [0.25, 0.3) is 0 Å². The standard InChI is InChI=1S/C13H19NO/c1-4-11-12(14(2)3)6-5-7-13(11)15-10-8-9-10/h5-7,10H,4,8-9H2,1-3H3. The quantitative estimate of drug-likeness (QED) is 0.749. The number of anilines is 1. The zero-order valence-electron chi connectivity index (χ0n) is 9.79. The van der Waals surface area contributed by atoms with Crippen LogP contribution in [0, 0.1) is 0 Å². The van der Waals surface area contributed by atoms with E-state index in [1.54, 1.807) is 0 Å². The van der Waals surface area contributed by atoms with Crippen molar-refractivity contribution < 1.29 is 4.74 Å². The van der Waals surface area contributed by atoms with Crippen LogP contribution in [0.5, 0.6) is 5.75 Å². The molecule has 1 aromatic carbocycles. The van der Waals surface area contributed by atoms with Gasteiger partial charge in [0.05, 0.1) is 6.10 Å². The third-order valence-corrected chi connectivity index (χ3v) is 2.76. The number of nitrogens with zero attached hydrogens (tertiary/aromatic N) is 1. The summed E-state index contributed by atoms with van der Waals surface area (Å²) in [5, 5.41) is 0.